The number of fused-ring (bicyclic) bond motifs is 1. The van der Waals surface area contributed by atoms with Crippen LogP contribution in [-0.4, -0.2) is 52.9 Å². The van der Waals surface area contributed by atoms with Gasteiger partial charge in [-0.2, -0.15) is 13.2 Å². The molecule has 0 N–H and O–H groups in total. The molecule has 3 fully saturated rings. The lowest BCUT2D eigenvalue weighted by atomic mass is 9.60. The van der Waals surface area contributed by atoms with Crippen LogP contribution in [0.4, 0.5) is 33.3 Å². The third-order valence-corrected chi connectivity index (χ3v) is 9.21. The van der Waals surface area contributed by atoms with Crippen LogP contribution in [0.3, 0.4) is 0 Å². The number of nitrogens with zero attached hydrogens (tertiary/aromatic N) is 5. The topological polar surface area (TPSA) is 63.5 Å². The minimum Gasteiger partial charge on any atom is -0.379 e. The Morgan fingerprint density at radius 1 is 1.05 bits per heavy atom. The fourth-order valence-corrected chi connectivity index (χ4v) is 6.45. The number of carbonyl (C=O) groups excluding carboxylic acids is 1. The maximum atomic E-state index is 14.2. The van der Waals surface area contributed by atoms with Crippen molar-refractivity contribution < 1.29 is 31.5 Å². The van der Waals surface area contributed by atoms with E-state index < -0.39 is 34.4 Å². The van der Waals surface area contributed by atoms with Crippen molar-refractivity contribution in [3.63, 3.8) is 0 Å². The lowest BCUT2D eigenvalue weighted by molar-refractivity contribution is -0.212. The van der Waals surface area contributed by atoms with Gasteiger partial charge in [-0.05, 0) is 41.8 Å². The molecule has 4 aliphatic rings. The average Bonchev–Trinajstić information content (AvgIpc) is 3.41. The van der Waals surface area contributed by atoms with E-state index in [0.717, 1.165) is 17.5 Å². The van der Waals surface area contributed by atoms with Gasteiger partial charge in [0.05, 0.1) is 30.7 Å². The fraction of sp³-hybridized carbons (Fsp3) is 0.464. The van der Waals surface area contributed by atoms with Gasteiger partial charge in [-0.3, -0.25) is 4.79 Å². The number of aromatic nitrogens is 3. The van der Waals surface area contributed by atoms with Gasteiger partial charge in [0, 0.05) is 55.3 Å². The molecule has 12 heteroatoms. The molecule has 0 radical (unpaired) electrons. The number of benzene rings is 2. The molecule has 1 saturated carbocycles. The Kier molecular flexibility index (Phi) is 5.24. The summed E-state index contributed by atoms with van der Waals surface area (Å²) in [5, 5.41) is 8.12. The van der Waals surface area contributed by atoms with Gasteiger partial charge in [0.1, 0.15) is 12.2 Å². The van der Waals surface area contributed by atoms with E-state index in [1.54, 1.807) is 18.5 Å². The number of amides is 1. The molecule has 2 saturated heterocycles. The number of ether oxygens (including phenoxy) is 1. The summed E-state index contributed by atoms with van der Waals surface area (Å²) in [5.41, 5.74) is -1.09. The first-order valence-corrected chi connectivity index (χ1v) is 13.1. The Balaban J connectivity index is 1.20. The van der Waals surface area contributed by atoms with Gasteiger partial charge in [0.25, 0.3) is 11.8 Å². The molecule has 7 nitrogen and oxygen atoms in total. The average molecular weight is 560 g/mol. The van der Waals surface area contributed by atoms with Crippen molar-refractivity contribution in [1.29, 1.82) is 0 Å². The molecule has 1 aromatic heterocycles. The number of alkyl halides is 5. The molecule has 3 aromatic rings. The fourth-order valence-electron chi connectivity index (χ4n) is 6.45. The van der Waals surface area contributed by atoms with Crippen LogP contribution in [0.15, 0.2) is 42.7 Å². The number of anilines is 2. The van der Waals surface area contributed by atoms with E-state index in [-0.39, 0.29) is 42.9 Å². The van der Waals surface area contributed by atoms with Crippen LogP contribution in [0.25, 0.3) is 0 Å². The van der Waals surface area contributed by atoms with E-state index in [1.165, 1.54) is 15.9 Å². The number of rotatable bonds is 5. The summed E-state index contributed by atoms with van der Waals surface area (Å²) in [5.74, 6) is -2.58. The Hall–Kier alpha value is -3.54. The minimum absolute atomic E-state index is 0.0221. The van der Waals surface area contributed by atoms with Crippen molar-refractivity contribution in [1.82, 2.24) is 14.8 Å². The molecule has 4 heterocycles. The van der Waals surface area contributed by atoms with Crippen LogP contribution in [0.5, 0.6) is 0 Å². The quantitative estimate of drug-likeness (QED) is 0.423. The third-order valence-electron chi connectivity index (χ3n) is 9.21. The van der Waals surface area contributed by atoms with Gasteiger partial charge >= 0.3 is 6.18 Å². The van der Waals surface area contributed by atoms with Crippen LogP contribution in [0.1, 0.15) is 45.7 Å². The monoisotopic (exact) mass is 559 g/mol. The lowest BCUT2D eigenvalue weighted by Gasteiger charge is -2.60. The number of carbonyl (C=O) groups is 1. The minimum atomic E-state index is -4.70. The second-order valence-electron chi connectivity index (χ2n) is 11.6. The smallest absolute Gasteiger partial charge is 0.379 e. The highest BCUT2D eigenvalue weighted by atomic mass is 19.4. The Morgan fingerprint density at radius 2 is 1.82 bits per heavy atom. The molecule has 7 rings (SSSR count). The normalized spacial score (nSPS) is 22.1. The predicted molar refractivity (Wildman–Crippen MR) is 134 cm³/mol. The van der Waals surface area contributed by atoms with Crippen molar-refractivity contribution in [2.24, 2.45) is 12.5 Å². The van der Waals surface area contributed by atoms with E-state index in [9.17, 15) is 26.7 Å². The second-order valence-corrected chi connectivity index (χ2v) is 11.6. The maximum Gasteiger partial charge on any atom is 0.416 e. The first-order valence-electron chi connectivity index (χ1n) is 13.1. The number of hydrogen-bond donors (Lipinski definition) is 0. The Labute approximate surface area is 226 Å². The van der Waals surface area contributed by atoms with Crippen molar-refractivity contribution >= 4 is 17.3 Å². The zero-order valence-electron chi connectivity index (χ0n) is 21.6. The SMILES string of the molecule is Cn1cnnc1CC1(c2cccc(N3Cc4c(cc(N5CC6(CCC6(F)F)C5)cc4C(F)(F)F)C3=O)c2)COC1. The summed E-state index contributed by atoms with van der Waals surface area (Å²) < 4.78 is 78.2. The standard InChI is InChI=1S/C28H26F5N5O2/c1-36-16-34-35-23(36)10-25(14-40-15-25)17-3-2-4-18(7-17)38-11-21-20(24(38)39)8-19(9-22(21)28(31,32)33)37-12-26(13-37)5-6-27(26,29)30/h2-4,7-9,16H,5-6,10-15H2,1H3. The number of aryl methyl sites for hydroxylation is 1. The van der Waals surface area contributed by atoms with E-state index >= 15 is 0 Å². The highest BCUT2D eigenvalue weighted by Gasteiger charge is 2.67. The molecule has 40 heavy (non-hydrogen) atoms. The molecule has 210 valence electrons. The van der Waals surface area contributed by atoms with E-state index in [2.05, 4.69) is 10.2 Å². The molecule has 1 amide bonds. The van der Waals surface area contributed by atoms with Crippen molar-refractivity contribution in [2.75, 3.05) is 36.1 Å². The summed E-state index contributed by atoms with van der Waals surface area (Å²) in [4.78, 5) is 16.4. The van der Waals surface area contributed by atoms with Gasteiger partial charge in [-0.25, -0.2) is 8.78 Å². The molecule has 0 bridgehead atoms. The van der Waals surface area contributed by atoms with Gasteiger partial charge in [0.2, 0.25) is 0 Å². The number of halogens is 5. The lowest BCUT2D eigenvalue weighted by Crippen LogP contribution is -2.70. The summed E-state index contributed by atoms with van der Waals surface area (Å²) in [6.45, 7) is 0.601. The highest BCUT2D eigenvalue weighted by Crippen LogP contribution is 2.59. The zero-order valence-corrected chi connectivity index (χ0v) is 21.6. The first-order chi connectivity index (χ1) is 18.9. The van der Waals surface area contributed by atoms with Gasteiger partial charge in [-0.15, -0.1) is 10.2 Å². The van der Waals surface area contributed by atoms with E-state index in [4.69, 9.17) is 4.74 Å². The number of hydrogen-bond acceptors (Lipinski definition) is 5. The van der Waals surface area contributed by atoms with Crippen molar-refractivity contribution in [3.8, 4) is 0 Å². The van der Waals surface area contributed by atoms with Crippen LogP contribution in [0.2, 0.25) is 0 Å². The van der Waals surface area contributed by atoms with Gasteiger partial charge in [0.15, 0.2) is 0 Å². The largest absolute Gasteiger partial charge is 0.416 e. The molecular formula is C28H26F5N5O2. The molecular weight excluding hydrogens is 533 g/mol. The van der Waals surface area contributed by atoms with Crippen molar-refractivity contribution in [3.05, 3.63) is 70.8 Å². The van der Waals surface area contributed by atoms with Crippen LogP contribution >= 0.6 is 0 Å². The molecule has 0 atom stereocenters. The molecule has 1 aliphatic carbocycles. The van der Waals surface area contributed by atoms with Crippen LogP contribution < -0.4 is 9.80 Å². The summed E-state index contributed by atoms with van der Waals surface area (Å²) in [6, 6.07) is 9.66. The molecule has 0 unspecified atom stereocenters. The maximum absolute atomic E-state index is 14.2. The third kappa shape index (κ3) is 3.60. The van der Waals surface area contributed by atoms with Crippen LogP contribution in [-0.2, 0) is 36.3 Å². The Morgan fingerprint density at radius 3 is 2.40 bits per heavy atom. The van der Waals surface area contributed by atoms with E-state index in [1.807, 2.05) is 23.7 Å². The van der Waals surface area contributed by atoms with Gasteiger partial charge < -0.3 is 19.1 Å². The zero-order chi connectivity index (χ0) is 28.1. The molecule has 1 spiro atoms. The summed E-state index contributed by atoms with van der Waals surface area (Å²) in [7, 11) is 1.85. The second kappa shape index (κ2) is 8.25. The summed E-state index contributed by atoms with van der Waals surface area (Å²) in [6.07, 6.45) is -2.38. The predicted octanol–water partition coefficient (Wildman–Crippen LogP) is 4.74. The summed E-state index contributed by atoms with van der Waals surface area (Å²) >= 11 is 0. The molecule has 2 aromatic carbocycles. The molecule has 3 aliphatic heterocycles. The van der Waals surface area contributed by atoms with Crippen molar-refractivity contribution in [2.45, 2.75) is 43.3 Å². The van der Waals surface area contributed by atoms with E-state index in [0.29, 0.717) is 31.7 Å². The van der Waals surface area contributed by atoms with Crippen LogP contribution in [0, 0.1) is 5.41 Å². The first kappa shape index (κ1) is 25.4. The Bertz CT molecular complexity index is 1520. The van der Waals surface area contributed by atoms with Gasteiger partial charge in [-0.1, -0.05) is 12.1 Å². The highest BCUT2D eigenvalue weighted by molar-refractivity contribution is 6.11.